The molecule has 2 heterocycles. The summed E-state index contributed by atoms with van der Waals surface area (Å²) in [7, 11) is 1.56. The van der Waals surface area contributed by atoms with Crippen LogP contribution in [0.3, 0.4) is 0 Å². The molecule has 1 amide bonds. The first kappa shape index (κ1) is 22.2. The molecule has 0 saturated heterocycles. The van der Waals surface area contributed by atoms with Gasteiger partial charge in [0.15, 0.2) is 11.7 Å². The minimum Gasteiger partial charge on any atom is -0.497 e. The molecule has 0 unspecified atom stereocenters. The molecule has 2 N–H and O–H groups in total. The van der Waals surface area contributed by atoms with Gasteiger partial charge < -0.3 is 15.4 Å². The van der Waals surface area contributed by atoms with Crippen LogP contribution in [0.15, 0.2) is 59.1 Å². The summed E-state index contributed by atoms with van der Waals surface area (Å²) in [5, 5.41) is 9.76. The van der Waals surface area contributed by atoms with Crippen LogP contribution in [0.25, 0.3) is 0 Å². The number of hydrogen-bond donors (Lipinski definition) is 2. The van der Waals surface area contributed by atoms with Crippen LogP contribution in [0, 0.1) is 0 Å². The number of methoxy groups -OCH3 is 1. The Kier molecular flexibility index (Phi) is 6.14. The summed E-state index contributed by atoms with van der Waals surface area (Å²) >= 11 is 3.33. The summed E-state index contributed by atoms with van der Waals surface area (Å²) in [6.07, 6.45) is -4.74. The molecule has 4 rings (SSSR count). The van der Waals surface area contributed by atoms with Crippen LogP contribution >= 0.6 is 15.9 Å². The molecule has 10 heteroatoms. The zero-order chi connectivity index (χ0) is 22.9. The van der Waals surface area contributed by atoms with Crippen LogP contribution in [0.4, 0.5) is 19.0 Å². The van der Waals surface area contributed by atoms with Crippen LogP contribution in [0.2, 0.25) is 0 Å². The maximum atomic E-state index is 13.8. The fourth-order valence-corrected chi connectivity index (χ4v) is 3.88. The van der Waals surface area contributed by atoms with E-state index in [4.69, 9.17) is 4.74 Å². The fraction of sp³-hybridized carbons (Fsp3) is 0.273. The van der Waals surface area contributed by atoms with Gasteiger partial charge in [0.2, 0.25) is 0 Å². The lowest BCUT2D eigenvalue weighted by Gasteiger charge is -2.33. The molecule has 0 aliphatic carbocycles. The van der Waals surface area contributed by atoms with Gasteiger partial charge in [0, 0.05) is 23.5 Å². The molecule has 0 spiro atoms. The van der Waals surface area contributed by atoms with Crippen LogP contribution in [-0.4, -0.2) is 29.0 Å². The van der Waals surface area contributed by atoms with Crippen LogP contribution in [0.1, 0.15) is 40.1 Å². The number of nitrogens with one attached hydrogen (secondary N) is 2. The van der Waals surface area contributed by atoms with Crippen molar-refractivity contribution in [1.29, 1.82) is 0 Å². The third-order valence-electron chi connectivity index (χ3n) is 5.31. The van der Waals surface area contributed by atoms with Crippen molar-refractivity contribution in [2.75, 3.05) is 12.4 Å². The number of nitrogens with zero attached hydrogens (tertiary/aromatic N) is 2. The molecule has 168 valence electrons. The van der Waals surface area contributed by atoms with Gasteiger partial charge in [0.25, 0.3) is 5.91 Å². The topological polar surface area (TPSA) is 68.2 Å². The maximum absolute atomic E-state index is 13.8. The van der Waals surface area contributed by atoms with E-state index < -0.39 is 24.2 Å². The molecule has 0 bridgehead atoms. The van der Waals surface area contributed by atoms with E-state index in [0.29, 0.717) is 5.75 Å². The summed E-state index contributed by atoms with van der Waals surface area (Å²) < 4.78 is 48.2. The number of fused-ring (bicyclic) bond motifs is 1. The normalized spacial score (nSPS) is 17.9. The van der Waals surface area contributed by atoms with Crippen molar-refractivity contribution >= 4 is 27.7 Å². The third-order valence-corrected chi connectivity index (χ3v) is 5.84. The predicted molar refractivity (Wildman–Crippen MR) is 117 cm³/mol. The summed E-state index contributed by atoms with van der Waals surface area (Å²) in [5.41, 5.74) is 1.47. The van der Waals surface area contributed by atoms with Crippen molar-refractivity contribution in [1.82, 2.24) is 15.1 Å². The van der Waals surface area contributed by atoms with Crippen LogP contribution in [0.5, 0.6) is 5.75 Å². The number of alkyl halides is 3. The molecule has 0 fully saturated rings. The highest BCUT2D eigenvalue weighted by molar-refractivity contribution is 9.10. The number of ether oxygens (including phenoxy) is 1. The highest BCUT2D eigenvalue weighted by Crippen LogP contribution is 2.43. The molecule has 0 radical (unpaired) electrons. The molecule has 2 aromatic carbocycles. The first-order valence-corrected chi connectivity index (χ1v) is 10.6. The van der Waals surface area contributed by atoms with E-state index in [-0.39, 0.29) is 24.5 Å². The number of anilines is 1. The van der Waals surface area contributed by atoms with Crippen molar-refractivity contribution in [2.24, 2.45) is 0 Å². The van der Waals surface area contributed by atoms with Gasteiger partial charge in [-0.25, -0.2) is 4.68 Å². The molecule has 6 nitrogen and oxygen atoms in total. The Morgan fingerprint density at radius 3 is 2.53 bits per heavy atom. The van der Waals surface area contributed by atoms with Gasteiger partial charge >= 0.3 is 6.18 Å². The van der Waals surface area contributed by atoms with Gasteiger partial charge in [0.1, 0.15) is 11.6 Å². The summed E-state index contributed by atoms with van der Waals surface area (Å²) in [4.78, 5) is 12.6. The average molecular weight is 509 g/mol. The van der Waals surface area contributed by atoms with Crippen molar-refractivity contribution in [3.63, 3.8) is 0 Å². The Morgan fingerprint density at radius 1 is 1.22 bits per heavy atom. The van der Waals surface area contributed by atoms with Crippen LogP contribution < -0.4 is 15.4 Å². The number of amides is 1. The Hall–Kier alpha value is -3.01. The summed E-state index contributed by atoms with van der Waals surface area (Å²) in [5.74, 6) is 0.290. The van der Waals surface area contributed by atoms with Gasteiger partial charge in [-0.3, -0.25) is 4.79 Å². The fourth-order valence-electron chi connectivity index (χ4n) is 3.61. The van der Waals surface area contributed by atoms with Gasteiger partial charge in [-0.05, 0) is 35.4 Å². The smallest absolute Gasteiger partial charge is 0.410 e. The molecular weight excluding hydrogens is 489 g/mol. The molecule has 0 saturated carbocycles. The van der Waals surface area contributed by atoms with Crippen molar-refractivity contribution in [3.8, 4) is 5.75 Å². The first-order chi connectivity index (χ1) is 15.2. The minimum absolute atomic E-state index is 0.0771. The van der Waals surface area contributed by atoms with Crippen molar-refractivity contribution in [3.05, 3.63) is 75.9 Å². The molecule has 1 aliphatic rings. The number of aromatic nitrogens is 2. The Morgan fingerprint density at radius 2 is 1.91 bits per heavy atom. The highest BCUT2D eigenvalue weighted by atomic mass is 79.9. The lowest BCUT2D eigenvalue weighted by molar-refractivity contribution is -0.173. The molecule has 2 atom stereocenters. The number of carbonyl (C=O) groups excluding carboxylic acids is 1. The Balaban J connectivity index is 1.54. The number of benzene rings is 2. The molecule has 1 aromatic heterocycles. The largest absolute Gasteiger partial charge is 0.497 e. The second-order valence-electron chi connectivity index (χ2n) is 7.43. The zero-order valence-corrected chi connectivity index (χ0v) is 18.6. The van der Waals surface area contributed by atoms with Gasteiger partial charge in [-0.2, -0.15) is 18.3 Å². The molecule has 32 heavy (non-hydrogen) atoms. The first-order valence-electron chi connectivity index (χ1n) is 9.84. The van der Waals surface area contributed by atoms with Gasteiger partial charge in [-0.1, -0.05) is 40.2 Å². The third kappa shape index (κ3) is 4.74. The second kappa shape index (κ2) is 8.85. The number of rotatable bonds is 5. The monoisotopic (exact) mass is 508 g/mol. The predicted octanol–water partition coefficient (Wildman–Crippen LogP) is 5.24. The lowest BCUT2D eigenvalue weighted by atomic mass is 9.97. The zero-order valence-electron chi connectivity index (χ0n) is 17.0. The van der Waals surface area contributed by atoms with E-state index >= 15 is 0 Å². The van der Waals surface area contributed by atoms with E-state index in [2.05, 4.69) is 31.7 Å². The second-order valence-corrected chi connectivity index (χ2v) is 8.35. The number of hydrogen-bond acceptors (Lipinski definition) is 4. The van der Waals surface area contributed by atoms with Crippen LogP contribution in [-0.2, 0) is 6.54 Å². The van der Waals surface area contributed by atoms with Gasteiger partial charge in [0.05, 0.1) is 13.2 Å². The van der Waals surface area contributed by atoms with E-state index in [0.717, 1.165) is 20.3 Å². The van der Waals surface area contributed by atoms with E-state index in [9.17, 15) is 18.0 Å². The quantitative estimate of drug-likeness (QED) is 0.494. The highest BCUT2D eigenvalue weighted by Gasteiger charge is 2.46. The standard InChI is InChI=1S/C22H20BrF3N4O2/c1-32-16-8-2-13(3-9-16)12-27-21(31)18-11-20-28-17(14-4-6-15(23)7-5-14)10-19(22(24,25)26)30(20)29-18/h2-9,11,17,19,28H,10,12H2,1H3,(H,27,31)/t17-,19+/m0/s1. The maximum Gasteiger partial charge on any atom is 0.410 e. The number of halogens is 4. The summed E-state index contributed by atoms with van der Waals surface area (Å²) in [6.45, 7) is 0.211. The Labute approximate surface area is 190 Å². The molecule has 1 aliphatic heterocycles. The minimum atomic E-state index is -4.51. The van der Waals surface area contributed by atoms with Gasteiger partial charge in [-0.15, -0.1) is 0 Å². The van der Waals surface area contributed by atoms with E-state index in [1.807, 2.05) is 0 Å². The van der Waals surface area contributed by atoms with Crippen molar-refractivity contribution < 1.29 is 22.7 Å². The summed E-state index contributed by atoms with van der Waals surface area (Å²) in [6, 6.07) is 13.2. The Bertz CT molecular complexity index is 1100. The molecular formula is C22H20BrF3N4O2. The molecule has 3 aromatic rings. The number of carbonyl (C=O) groups is 1. The van der Waals surface area contributed by atoms with E-state index in [1.54, 1.807) is 55.6 Å². The SMILES string of the molecule is COc1ccc(CNC(=O)c2cc3n(n2)[C@@H](C(F)(F)F)C[C@@H](c2ccc(Br)cc2)N3)cc1. The lowest BCUT2D eigenvalue weighted by Crippen LogP contribution is -2.35. The van der Waals surface area contributed by atoms with Crippen molar-refractivity contribution in [2.45, 2.75) is 31.2 Å². The van der Waals surface area contributed by atoms with E-state index in [1.165, 1.54) is 6.07 Å². The average Bonchev–Trinajstić information content (AvgIpc) is 3.21.